The van der Waals surface area contributed by atoms with E-state index in [-0.39, 0.29) is 12.2 Å². The second-order valence-corrected chi connectivity index (χ2v) is 5.21. The molecule has 0 spiro atoms. The van der Waals surface area contributed by atoms with E-state index >= 15 is 0 Å². The van der Waals surface area contributed by atoms with E-state index in [2.05, 4.69) is 10.2 Å². The van der Waals surface area contributed by atoms with Crippen LogP contribution in [0.2, 0.25) is 0 Å². The Labute approximate surface area is 106 Å². The Balaban J connectivity index is 2.14. The molecule has 0 fully saturated rings. The third-order valence-electron chi connectivity index (χ3n) is 2.12. The van der Waals surface area contributed by atoms with Crippen molar-refractivity contribution in [2.45, 2.75) is 10.8 Å². The fourth-order valence-electron chi connectivity index (χ4n) is 1.34. The highest BCUT2D eigenvalue weighted by molar-refractivity contribution is 7.98. The van der Waals surface area contributed by atoms with Gasteiger partial charge in [-0.25, -0.2) is 0 Å². The van der Waals surface area contributed by atoms with Crippen molar-refractivity contribution in [1.29, 1.82) is 0 Å². The zero-order valence-electron chi connectivity index (χ0n) is 8.79. The molecule has 0 atom stereocenters. The van der Waals surface area contributed by atoms with E-state index in [1.807, 2.05) is 0 Å². The number of carbonyl (C=O) groups excluding carboxylic acids is 1. The molecule has 0 aliphatic rings. The fourth-order valence-corrected chi connectivity index (χ4v) is 2.48. The molecule has 0 aliphatic carbocycles. The average molecular weight is 266 g/mol. The zero-order chi connectivity index (χ0) is 12.3. The van der Waals surface area contributed by atoms with Crippen molar-refractivity contribution in [3.05, 3.63) is 34.8 Å². The maximum atomic E-state index is 12.0. The van der Waals surface area contributed by atoms with Crippen LogP contribution in [-0.2, 0) is 6.42 Å². The second kappa shape index (κ2) is 5.26. The van der Waals surface area contributed by atoms with E-state index in [0.29, 0.717) is 20.6 Å². The van der Waals surface area contributed by atoms with Gasteiger partial charge in [-0.2, -0.15) is 0 Å². The van der Waals surface area contributed by atoms with Gasteiger partial charge in [0.1, 0.15) is 5.01 Å². The first-order valence-electron chi connectivity index (χ1n) is 4.77. The number of ketones is 1. The Kier molecular flexibility index (Phi) is 3.72. The standard InChI is InChI=1S/C10H10N4OS2/c11-7-4-2-1-3-6(7)8(15)5-9-13-14-10(16-9)17-12/h1-4H,5,11-12H2. The highest BCUT2D eigenvalue weighted by Gasteiger charge is 2.13. The van der Waals surface area contributed by atoms with Crippen molar-refractivity contribution in [2.24, 2.45) is 5.14 Å². The van der Waals surface area contributed by atoms with Gasteiger partial charge in [0, 0.05) is 11.3 Å². The van der Waals surface area contributed by atoms with Gasteiger partial charge >= 0.3 is 0 Å². The Bertz CT molecular complexity index is 541. The van der Waals surface area contributed by atoms with Gasteiger partial charge in [0.05, 0.1) is 6.42 Å². The molecule has 4 N–H and O–H groups in total. The molecule has 1 aromatic carbocycles. The Morgan fingerprint density at radius 2 is 2.12 bits per heavy atom. The summed E-state index contributed by atoms with van der Waals surface area (Å²) in [4.78, 5) is 12.0. The molecule has 0 radical (unpaired) electrons. The van der Waals surface area contributed by atoms with Crippen LogP contribution in [0.3, 0.4) is 0 Å². The highest BCUT2D eigenvalue weighted by atomic mass is 32.2. The number of nitrogens with two attached hydrogens (primary N) is 2. The monoisotopic (exact) mass is 266 g/mol. The predicted molar refractivity (Wildman–Crippen MR) is 68.8 cm³/mol. The van der Waals surface area contributed by atoms with Crippen LogP contribution in [0, 0.1) is 0 Å². The van der Waals surface area contributed by atoms with Crippen molar-refractivity contribution < 1.29 is 4.79 Å². The van der Waals surface area contributed by atoms with Gasteiger partial charge in [0.2, 0.25) is 0 Å². The molecule has 1 heterocycles. The number of benzene rings is 1. The quantitative estimate of drug-likeness (QED) is 0.495. The van der Waals surface area contributed by atoms with E-state index in [1.165, 1.54) is 11.3 Å². The van der Waals surface area contributed by atoms with E-state index < -0.39 is 0 Å². The fraction of sp³-hybridized carbons (Fsp3) is 0.100. The molecule has 0 saturated heterocycles. The molecule has 7 heteroatoms. The van der Waals surface area contributed by atoms with Crippen molar-refractivity contribution >= 4 is 34.8 Å². The minimum absolute atomic E-state index is 0.0622. The average Bonchev–Trinajstić information content (AvgIpc) is 2.77. The number of hydrogen-bond acceptors (Lipinski definition) is 7. The van der Waals surface area contributed by atoms with Crippen molar-refractivity contribution in [3.63, 3.8) is 0 Å². The van der Waals surface area contributed by atoms with Gasteiger partial charge in [0.15, 0.2) is 10.1 Å². The molecule has 1 aromatic heterocycles. The molecule has 5 nitrogen and oxygen atoms in total. The number of rotatable bonds is 4. The van der Waals surface area contributed by atoms with Crippen LogP contribution in [0.15, 0.2) is 28.6 Å². The van der Waals surface area contributed by atoms with Gasteiger partial charge in [-0.05, 0) is 24.1 Å². The van der Waals surface area contributed by atoms with Crippen LogP contribution in [-0.4, -0.2) is 16.0 Å². The molecular formula is C10H10N4OS2. The lowest BCUT2D eigenvalue weighted by Crippen LogP contribution is -2.06. The summed E-state index contributed by atoms with van der Waals surface area (Å²) in [6, 6.07) is 6.98. The van der Waals surface area contributed by atoms with E-state index in [4.69, 9.17) is 10.9 Å². The Hall–Kier alpha value is -1.44. The molecule has 17 heavy (non-hydrogen) atoms. The highest BCUT2D eigenvalue weighted by Crippen LogP contribution is 2.20. The first kappa shape index (κ1) is 12.0. The summed E-state index contributed by atoms with van der Waals surface area (Å²) in [5, 5.41) is 13.7. The van der Waals surface area contributed by atoms with Gasteiger partial charge in [-0.1, -0.05) is 23.5 Å². The lowest BCUT2D eigenvalue weighted by Gasteiger charge is -2.01. The molecule has 0 unspecified atom stereocenters. The number of hydrogen-bond donors (Lipinski definition) is 2. The van der Waals surface area contributed by atoms with Crippen LogP contribution in [0.4, 0.5) is 5.69 Å². The minimum atomic E-state index is -0.0622. The van der Waals surface area contributed by atoms with Crippen molar-refractivity contribution in [1.82, 2.24) is 10.2 Å². The molecule has 2 rings (SSSR count). The largest absolute Gasteiger partial charge is 0.398 e. The van der Waals surface area contributed by atoms with Crippen LogP contribution < -0.4 is 10.9 Å². The molecule has 2 aromatic rings. The van der Waals surface area contributed by atoms with Crippen LogP contribution in [0.1, 0.15) is 15.4 Å². The lowest BCUT2D eigenvalue weighted by molar-refractivity contribution is 0.0993. The molecule has 0 bridgehead atoms. The van der Waals surface area contributed by atoms with Crippen molar-refractivity contribution in [3.8, 4) is 0 Å². The molecule has 88 valence electrons. The third-order valence-corrected chi connectivity index (χ3v) is 3.66. The number of carbonyl (C=O) groups is 1. The summed E-state index contributed by atoms with van der Waals surface area (Å²) in [6.45, 7) is 0. The summed E-state index contributed by atoms with van der Waals surface area (Å²) in [7, 11) is 0. The first-order valence-corrected chi connectivity index (χ1v) is 6.47. The van der Waals surface area contributed by atoms with Crippen molar-refractivity contribution in [2.75, 3.05) is 5.73 Å². The summed E-state index contributed by atoms with van der Waals surface area (Å²) < 4.78 is 0.647. The first-order chi connectivity index (χ1) is 8.20. The summed E-state index contributed by atoms with van der Waals surface area (Å²) >= 11 is 2.34. The Morgan fingerprint density at radius 1 is 1.35 bits per heavy atom. The second-order valence-electron chi connectivity index (χ2n) is 3.27. The smallest absolute Gasteiger partial charge is 0.189 e. The summed E-state index contributed by atoms with van der Waals surface area (Å²) in [5.41, 5.74) is 6.73. The predicted octanol–water partition coefficient (Wildman–Crippen LogP) is 1.51. The molecule has 0 aliphatic heterocycles. The Morgan fingerprint density at radius 3 is 2.76 bits per heavy atom. The minimum Gasteiger partial charge on any atom is -0.398 e. The number of nitrogens with zero attached hydrogens (tertiary/aromatic N) is 2. The number of anilines is 1. The number of nitrogen functional groups attached to an aromatic ring is 1. The van der Waals surface area contributed by atoms with Crippen LogP contribution in [0.5, 0.6) is 0 Å². The third kappa shape index (κ3) is 2.82. The normalized spacial score (nSPS) is 10.4. The number of aromatic nitrogens is 2. The van der Waals surface area contributed by atoms with Crippen LogP contribution in [0.25, 0.3) is 0 Å². The lowest BCUT2D eigenvalue weighted by atomic mass is 10.1. The maximum absolute atomic E-state index is 12.0. The summed E-state index contributed by atoms with van der Waals surface area (Å²) in [6.07, 6.45) is 0.201. The maximum Gasteiger partial charge on any atom is 0.189 e. The topological polar surface area (TPSA) is 94.9 Å². The number of para-hydroxylation sites is 1. The molecular weight excluding hydrogens is 256 g/mol. The van der Waals surface area contributed by atoms with Gasteiger partial charge < -0.3 is 5.73 Å². The van der Waals surface area contributed by atoms with E-state index in [0.717, 1.165) is 11.9 Å². The summed E-state index contributed by atoms with van der Waals surface area (Å²) in [5.74, 6) is -0.0622. The SMILES string of the molecule is NSc1nnc(CC(=O)c2ccccc2N)s1. The zero-order valence-corrected chi connectivity index (χ0v) is 10.4. The van der Waals surface area contributed by atoms with Gasteiger partial charge in [-0.3, -0.25) is 9.93 Å². The molecule has 0 amide bonds. The van der Waals surface area contributed by atoms with E-state index in [9.17, 15) is 4.79 Å². The molecule has 0 saturated carbocycles. The number of Topliss-reactive ketones (excluding diaryl/α,β-unsaturated/α-hetero) is 1. The van der Waals surface area contributed by atoms with Gasteiger partial charge in [0.25, 0.3) is 0 Å². The van der Waals surface area contributed by atoms with Gasteiger partial charge in [-0.15, -0.1) is 10.2 Å². The van der Waals surface area contributed by atoms with E-state index in [1.54, 1.807) is 24.3 Å². The van der Waals surface area contributed by atoms with Crippen LogP contribution >= 0.6 is 23.3 Å².